The topological polar surface area (TPSA) is 34.1 Å². The number of thioether (sulfide) groups is 1. The summed E-state index contributed by atoms with van der Waals surface area (Å²) < 4.78 is 22.3. The summed E-state index contributed by atoms with van der Waals surface area (Å²) in [5.41, 5.74) is 0. The normalized spacial score (nSPS) is 34.3. The summed E-state index contributed by atoms with van der Waals surface area (Å²) in [7, 11) is -2.84. The molecule has 0 bridgehead atoms. The average molecular weight is 229 g/mol. The van der Waals surface area contributed by atoms with E-state index in [0.717, 1.165) is 0 Å². The van der Waals surface area contributed by atoms with Gasteiger partial charge in [0.05, 0.1) is 16.9 Å². The summed E-state index contributed by atoms with van der Waals surface area (Å²) in [5.74, 6) is 0.406. The molecule has 0 spiro atoms. The molecule has 0 aromatic rings. The largest absolute Gasteiger partial charge is 0.229 e. The number of alkyl halides is 1. The number of rotatable bonds is 2. The lowest BCUT2D eigenvalue weighted by Gasteiger charge is -2.13. The molecule has 0 radical (unpaired) electrons. The summed E-state index contributed by atoms with van der Waals surface area (Å²) >= 11 is 7.57. The van der Waals surface area contributed by atoms with Crippen molar-refractivity contribution in [1.29, 1.82) is 0 Å². The van der Waals surface area contributed by atoms with Crippen molar-refractivity contribution in [2.75, 3.05) is 11.5 Å². The van der Waals surface area contributed by atoms with E-state index in [1.807, 2.05) is 0 Å². The molecule has 5 heteroatoms. The van der Waals surface area contributed by atoms with Crippen LogP contribution in [0.3, 0.4) is 0 Å². The third kappa shape index (κ3) is 2.82. The quantitative estimate of drug-likeness (QED) is 0.673. The summed E-state index contributed by atoms with van der Waals surface area (Å²) in [4.78, 5) is 0. The molecular formula is C7H13ClO2S2. The molecule has 1 heterocycles. The van der Waals surface area contributed by atoms with Gasteiger partial charge in [0.15, 0.2) is 9.84 Å². The standard InChI is InChI=1S/C7H13ClO2S2/c1-5(2)11-7-4-12(9,10)3-6(7)8/h5-7H,3-4H2,1-2H3/t6-,7+/m0/s1. The van der Waals surface area contributed by atoms with Crippen LogP contribution in [-0.2, 0) is 9.84 Å². The Morgan fingerprint density at radius 2 is 2.00 bits per heavy atom. The van der Waals surface area contributed by atoms with Crippen LogP contribution >= 0.6 is 23.4 Å². The highest BCUT2D eigenvalue weighted by Gasteiger charge is 2.36. The maximum Gasteiger partial charge on any atom is 0.152 e. The Bertz CT molecular complexity index is 248. The number of hydrogen-bond donors (Lipinski definition) is 0. The van der Waals surface area contributed by atoms with Gasteiger partial charge >= 0.3 is 0 Å². The average Bonchev–Trinajstić information content (AvgIpc) is 2.03. The number of halogens is 1. The Kier molecular flexibility index (Phi) is 3.34. The second-order valence-corrected chi connectivity index (χ2v) is 7.85. The van der Waals surface area contributed by atoms with E-state index in [1.165, 1.54) is 0 Å². The first-order valence-corrected chi connectivity index (χ1v) is 7.11. The van der Waals surface area contributed by atoms with Crippen LogP contribution in [0.15, 0.2) is 0 Å². The Morgan fingerprint density at radius 3 is 2.33 bits per heavy atom. The van der Waals surface area contributed by atoms with Crippen molar-refractivity contribution in [3.63, 3.8) is 0 Å². The summed E-state index contributed by atoms with van der Waals surface area (Å²) in [6.45, 7) is 4.11. The molecule has 72 valence electrons. The van der Waals surface area contributed by atoms with E-state index >= 15 is 0 Å². The zero-order valence-corrected chi connectivity index (χ0v) is 9.55. The second-order valence-electron chi connectivity index (χ2n) is 3.32. The first kappa shape index (κ1) is 10.7. The molecule has 1 aliphatic rings. The van der Waals surface area contributed by atoms with E-state index in [9.17, 15) is 8.42 Å². The van der Waals surface area contributed by atoms with Gasteiger partial charge in [-0.1, -0.05) is 13.8 Å². The molecular weight excluding hydrogens is 216 g/mol. The van der Waals surface area contributed by atoms with Crippen molar-refractivity contribution in [2.45, 2.75) is 29.7 Å². The predicted molar refractivity (Wildman–Crippen MR) is 54.8 cm³/mol. The van der Waals surface area contributed by atoms with Crippen LogP contribution < -0.4 is 0 Å². The lowest BCUT2D eigenvalue weighted by molar-refractivity contribution is 0.602. The van der Waals surface area contributed by atoms with Crippen LogP contribution in [0.4, 0.5) is 0 Å². The van der Waals surface area contributed by atoms with Crippen LogP contribution in [-0.4, -0.2) is 35.8 Å². The zero-order chi connectivity index (χ0) is 9.35. The Morgan fingerprint density at radius 1 is 1.42 bits per heavy atom. The van der Waals surface area contributed by atoms with Crippen molar-refractivity contribution in [1.82, 2.24) is 0 Å². The van der Waals surface area contributed by atoms with Crippen LogP contribution in [0.25, 0.3) is 0 Å². The van der Waals surface area contributed by atoms with Gasteiger partial charge < -0.3 is 0 Å². The Labute approximate surface area is 83.0 Å². The van der Waals surface area contributed by atoms with Crippen molar-refractivity contribution in [2.24, 2.45) is 0 Å². The highest BCUT2D eigenvalue weighted by Crippen LogP contribution is 2.30. The molecule has 0 aliphatic carbocycles. The number of sulfone groups is 1. The van der Waals surface area contributed by atoms with Crippen LogP contribution in [0.2, 0.25) is 0 Å². The van der Waals surface area contributed by atoms with Gasteiger partial charge in [0.1, 0.15) is 0 Å². The Balaban J connectivity index is 2.58. The van der Waals surface area contributed by atoms with Gasteiger partial charge in [-0.2, -0.15) is 11.8 Å². The maximum atomic E-state index is 11.1. The van der Waals surface area contributed by atoms with Crippen molar-refractivity contribution in [3.8, 4) is 0 Å². The van der Waals surface area contributed by atoms with Crippen LogP contribution in [0.5, 0.6) is 0 Å². The molecule has 2 nitrogen and oxygen atoms in total. The molecule has 1 fully saturated rings. The summed E-state index contributed by atoms with van der Waals surface area (Å²) in [5, 5.41) is 0.351. The van der Waals surface area contributed by atoms with E-state index in [1.54, 1.807) is 11.8 Å². The second kappa shape index (κ2) is 3.76. The van der Waals surface area contributed by atoms with Crippen LogP contribution in [0.1, 0.15) is 13.8 Å². The first-order valence-electron chi connectivity index (χ1n) is 3.90. The van der Waals surface area contributed by atoms with Gasteiger partial charge in [0, 0.05) is 5.25 Å². The van der Waals surface area contributed by atoms with E-state index in [0.29, 0.717) is 5.25 Å². The van der Waals surface area contributed by atoms with Gasteiger partial charge in [-0.3, -0.25) is 0 Å². The minimum Gasteiger partial charge on any atom is -0.229 e. The fraction of sp³-hybridized carbons (Fsp3) is 1.00. The molecule has 0 saturated carbocycles. The molecule has 1 rings (SSSR count). The lowest BCUT2D eigenvalue weighted by atomic mass is 10.4. The number of hydrogen-bond acceptors (Lipinski definition) is 3. The highest BCUT2D eigenvalue weighted by molar-refractivity contribution is 8.02. The fourth-order valence-electron chi connectivity index (χ4n) is 1.25. The minimum absolute atomic E-state index is 0.0941. The highest BCUT2D eigenvalue weighted by atomic mass is 35.5. The van der Waals surface area contributed by atoms with Gasteiger partial charge in [-0.25, -0.2) is 8.42 Å². The molecule has 0 unspecified atom stereocenters. The maximum absolute atomic E-state index is 11.1. The summed E-state index contributed by atoms with van der Waals surface area (Å²) in [6, 6.07) is 0. The lowest BCUT2D eigenvalue weighted by Crippen LogP contribution is -2.16. The van der Waals surface area contributed by atoms with E-state index in [4.69, 9.17) is 11.6 Å². The van der Waals surface area contributed by atoms with Gasteiger partial charge in [-0.15, -0.1) is 11.6 Å². The SMILES string of the molecule is CC(C)S[C@@H]1CS(=O)(=O)C[C@@H]1Cl. The molecule has 12 heavy (non-hydrogen) atoms. The zero-order valence-electron chi connectivity index (χ0n) is 7.16. The van der Waals surface area contributed by atoms with E-state index < -0.39 is 9.84 Å². The van der Waals surface area contributed by atoms with Crippen molar-refractivity contribution in [3.05, 3.63) is 0 Å². The van der Waals surface area contributed by atoms with Crippen molar-refractivity contribution < 1.29 is 8.42 Å². The monoisotopic (exact) mass is 228 g/mol. The third-order valence-corrected chi connectivity index (χ3v) is 5.81. The van der Waals surface area contributed by atoms with E-state index in [2.05, 4.69) is 13.8 Å². The molecule has 0 N–H and O–H groups in total. The molecule has 2 atom stereocenters. The minimum atomic E-state index is -2.84. The van der Waals surface area contributed by atoms with Gasteiger partial charge in [0.2, 0.25) is 0 Å². The molecule has 1 saturated heterocycles. The summed E-state index contributed by atoms with van der Waals surface area (Å²) in [6.07, 6.45) is 0. The first-order chi connectivity index (χ1) is 5.41. The Hall–Kier alpha value is 0.590. The predicted octanol–water partition coefficient (Wildman–Crippen LogP) is 1.53. The van der Waals surface area contributed by atoms with Gasteiger partial charge in [0.25, 0.3) is 0 Å². The van der Waals surface area contributed by atoms with Crippen molar-refractivity contribution >= 4 is 33.2 Å². The fourth-order valence-corrected chi connectivity index (χ4v) is 5.81. The van der Waals surface area contributed by atoms with Crippen LogP contribution in [0, 0.1) is 0 Å². The molecule has 0 amide bonds. The molecule has 0 aromatic heterocycles. The smallest absolute Gasteiger partial charge is 0.152 e. The molecule has 1 aliphatic heterocycles. The third-order valence-electron chi connectivity index (χ3n) is 1.68. The van der Waals surface area contributed by atoms with E-state index in [-0.39, 0.29) is 22.1 Å². The van der Waals surface area contributed by atoms with Gasteiger partial charge in [-0.05, 0) is 5.25 Å². The molecule has 0 aromatic carbocycles.